The van der Waals surface area contributed by atoms with Gasteiger partial charge < -0.3 is 14.5 Å². The first kappa shape index (κ1) is 18.1. The zero-order chi connectivity index (χ0) is 17.8. The largest absolute Gasteiger partial charge is 0.378 e. The Morgan fingerprint density at radius 2 is 1.76 bits per heavy atom. The van der Waals surface area contributed by atoms with Crippen LogP contribution in [0.5, 0.6) is 0 Å². The first-order valence-electron chi connectivity index (χ1n) is 9.61. The first-order valence-corrected chi connectivity index (χ1v) is 9.61. The highest BCUT2D eigenvalue weighted by Gasteiger charge is 2.26. The summed E-state index contributed by atoms with van der Waals surface area (Å²) in [5, 5.41) is 0. The highest BCUT2D eigenvalue weighted by Crippen LogP contribution is 2.22. The Kier molecular flexibility index (Phi) is 5.89. The average Bonchev–Trinajstić information content (AvgIpc) is 2.86. The maximum Gasteiger partial charge on any atom is 0.225 e. The summed E-state index contributed by atoms with van der Waals surface area (Å²) in [4.78, 5) is 26.6. The van der Waals surface area contributed by atoms with Crippen LogP contribution >= 0.6 is 0 Å². The highest BCUT2D eigenvalue weighted by atomic mass is 16.5. The monoisotopic (exact) mass is 346 g/mol. The Labute approximate surface area is 150 Å². The fourth-order valence-corrected chi connectivity index (χ4v) is 3.79. The molecule has 2 aliphatic heterocycles. The fourth-order valence-electron chi connectivity index (χ4n) is 3.79. The molecule has 0 aliphatic carbocycles. The molecule has 0 atom stereocenters. The molecule has 1 aromatic rings. The molecule has 2 aliphatic rings. The number of ether oxygens (including phenoxy) is 1. The Morgan fingerprint density at radius 1 is 1.08 bits per heavy atom. The third kappa shape index (κ3) is 3.94. The first-order chi connectivity index (χ1) is 12.1. The highest BCUT2D eigenvalue weighted by molar-refractivity contribution is 5.78. The number of anilines is 1. The average molecular weight is 346 g/mol. The zero-order valence-electron chi connectivity index (χ0n) is 15.8. The quantitative estimate of drug-likeness (QED) is 0.834. The molecule has 0 radical (unpaired) electrons. The van der Waals surface area contributed by atoms with Crippen LogP contribution in [0.4, 0.5) is 5.95 Å². The van der Waals surface area contributed by atoms with E-state index in [4.69, 9.17) is 14.7 Å². The van der Waals surface area contributed by atoms with Crippen molar-refractivity contribution in [1.29, 1.82) is 0 Å². The number of rotatable bonds is 4. The van der Waals surface area contributed by atoms with Gasteiger partial charge in [-0.2, -0.15) is 0 Å². The summed E-state index contributed by atoms with van der Waals surface area (Å²) in [6, 6.07) is 0. The SMILES string of the molecule is CCC(CC)C(=O)N1CCc2nc(N3CCOCC3)nc(C)c2CC1. The minimum absolute atomic E-state index is 0.150. The third-order valence-corrected chi connectivity index (χ3v) is 5.48. The summed E-state index contributed by atoms with van der Waals surface area (Å²) in [5.74, 6) is 1.27. The van der Waals surface area contributed by atoms with Crippen molar-refractivity contribution in [3.8, 4) is 0 Å². The number of amides is 1. The molecule has 3 rings (SSSR count). The van der Waals surface area contributed by atoms with E-state index in [-0.39, 0.29) is 5.92 Å². The number of carbonyl (C=O) groups excluding carboxylic acids is 1. The van der Waals surface area contributed by atoms with Crippen LogP contribution in [-0.2, 0) is 22.4 Å². The Bertz CT molecular complexity index is 610. The molecule has 1 aromatic heterocycles. The lowest BCUT2D eigenvalue weighted by Crippen LogP contribution is -2.38. The molecule has 138 valence electrons. The number of hydrogen-bond acceptors (Lipinski definition) is 5. The predicted molar refractivity (Wildman–Crippen MR) is 97.9 cm³/mol. The molecule has 0 spiro atoms. The molecular weight excluding hydrogens is 316 g/mol. The molecule has 6 nitrogen and oxygen atoms in total. The van der Waals surface area contributed by atoms with E-state index in [1.807, 2.05) is 4.90 Å². The standard InChI is InChI=1S/C19H30N4O2/c1-4-15(5-2)18(24)22-8-6-16-14(3)20-19(21-17(16)7-9-22)23-10-12-25-13-11-23/h15H,4-13H2,1-3H3. The summed E-state index contributed by atoms with van der Waals surface area (Å²) in [6.07, 6.45) is 3.51. The van der Waals surface area contributed by atoms with Crippen molar-refractivity contribution in [3.05, 3.63) is 17.0 Å². The minimum Gasteiger partial charge on any atom is -0.378 e. The van der Waals surface area contributed by atoms with E-state index in [9.17, 15) is 4.79 Å². The van der Waals surface area contributed by atoms with Gasteiger partial charge >= 0.3 is 0 Å². The summed E-state index contributed by atoms with van der Waals surface area (Å²) in [5.41, 5.74) is 3.41. The maximum atomic E-state index is 12.7. The summed E-state index contributed by atoms with van der Waals surface area (Å²) in [7, 11) is 0. The van der Waals surface area contributed by atoms with Gasteiger partial charge in [-0.15, -0.1) is 0 Å². The van der Waals surface area contributed by atoms with Crippen LogP contribution in [0.25, 0.3) is 0 Å². The molecule has 0 unspecified atom stereocenters. The van der Waals surface area contributed by atoms with Gasteiger partial charge in [-0.05, 0) is 31.7 Å². The third-order valence-electron chi connectivity index (χ3n) is 5.48. The zero-order valence-corrected chi connectivity index (χ0v) is 15.8. The number of carbonyl (C=O) groups is 1. The lowest BCUT2D eigenvalue weighted by molar-refractivity contribution is -0.135. The molecule has 0 bridgehead atoms. The van der Waals surface area contributed by atoms with Crippen molar-refractivity contribution in [2.24, 2.45) is 5.92 Å². The minimum atomic E-state index is 0.150. The smallest absolute Gasteiger partial charge is 0.225 e. The van der Waals surface area contributed by atoms with Gasteiger partial charge in [0.1, 0.15) is 0 Å². The number of hydrogen-bond donors (Lipinski definition) is 0. The summed E-state index contributed by atoms with van der Waals surface area (Å²) < 4.78 is 5.43. The lowest BCUT2D eigenvalue weighted by Gasteiger charge is -2.27. The summed E-state index contributed by atoms with van der Waals surface area (Å²) >= 11 is 0. The molecule has 3 heterocycles. The Hall–Kier alpha value is -1.69. The number of fused-ring (bicyclic) bond motifs is 1. The topological polar surface area (TPSA) is 58.6 Å². The second-order valence-electron chi connectivity index (χ2n) is 6.97. The van der Waals surface area contributed by atoms with Gasteiger partial charge in [-0.25, -0.2) is 9.97 Å². The predicted octanol–water partition coefficient (Wildman–Crippen LogP) is 1.99. The molecule has 6 heteroatoms. The van der Waals surface area contributed by atoms with Gasteiger partial charge in [0.2, 0.25) is 11.9 Å². The molecule has 25 heavy (non-hydrogen) atoms. The van der Waals surface area contributed by atoms with Crippen LogP contribution in [-0.4, -0.2) is 60.2 Å². The van der Waals surface area contributed by atoms with Crippen LogP contribution in [0.15, 0.2) is 0 Å². The van der Waals surface area contributed by atoms with Gasteiger partial charge in [-0.1, -0.05) is 13.8 Å². The number of aromatic nitrogens is 2. The van der Waals surface area contributed by atoms with Crippen molar-refractivity contribution in [2.45, 2.75) is 46.5 Å². The Morgan fingerprint density at radius 3 is 2.44 bits per heavy atom. The van der Waals surface area contributed by atoms with E-state index in [1.54, 1.807) is 0 Å². The van der Waals surface area contributed by atoms with E-state index < -0.39 is 0 Å². The van der Waals surface area contributed by atoms with E-state index in [0.717, 1.165) is 82.4 Å². The van der Waals surface area contributed by atoms with E-state index in [2.05, 4.69) is 25.7 Å². The second kappa shape index (κ2) is 8.13. The van der Waals surface area contributed by atoms with Gasteiger partial charge in [-0.3, -0.25) is 4.79 Å². The van der Waals surface area contributed by atoms with Crippen LogP contribution in [0, 0.1) is 12.8 Å². The molecule has 1 fully saturated rings. The fraction of sp³-hybridized carbons (Fsp3) is 0.737. The van der Waals surface area contributed by atoms with Gasteiger partial charge in [0.05, 0.1) is 18.9 Å². The number of nitrogens with zero attached hydrogens (tertiary/aromatic N) is 4. The van der Waals surface area contributed by atoms with E-state index in [1.165, 1.54) is 5.56 Å². The van der Waals surface area contributed by atoms with Crippen LogP contribution in [0.1, 0.15) is 43.6 Å². The number of morpholine rings is 1. The van der Waals surface area contributed by atoms with E-state index >= 15 is 0 Å². The molecular formula is C19H30N4O2. The Balaban J connectivity index is 1.77. The van der Waals surface area contributed by atoms with Crippen LogP contribution in [0.3, 0.4) is 0 Å². The van der Waals surface area contributed by atoms with Crippen molar-refractivity contribution >= 4 is 11.9 Å². The molecule has 0 N–H and O–H groups in total. The van der Waals surface area contributed by atoms with Gasteiger partial charge in [0, 0.05) is 44.2 Å². The van der Waals surface area contributed by atoms with Crippen LogP contribution < -0.4 is 4.90 Å². The van der Waals surface area contributed by atoms with Crippen molar-refractivity contribution in [1.82, 2.24) is 14.9 Å². The maximum absolute atomic E-state index is 12.7. The van der Waals surface area contributed by atoms with Gasteiger partial charge in [0.25, 0.3) is 0 Å². The molecule has 1 amide bonds. The lowest BCUT2D eigenvalue weighted by atomic mass is 10.0. The molecule has 0 saturated carbocycles. The molecule has 1 saturated heterocycles. The van der Waals surface area contributed by atoms with Crippen molar-refractivity contribution in [3.63, 3.8) is 0 Å². The van der Waals surface area contributed by atoms with Crippen molar-refractivity contribution in [2.75, 3.05) is 44.3 Å². The molecule has 0 aromatic carbocycles. The normalized spacial score (nSPS) is 18.2. The van der Waals surface area contributed by atoms with Crippen molar-refractivity contribution < 1.29 is 9.53 Å². The van der Waals surface area contributed by atoms with Crippen LogP contribution in [0.2, 0.25) is 0 Å². The number of aryl methyl sites for hydroxylation is 1. The summed E-state index contributed by atoms with van der Waals surface area (Å²) in [6.45, 7) is 11.0. The van der Waals surface area contributed by atoms with E-state index in [0.29, 0.717) is 5.91 Å². The second-order valence-corrected chi connectivity index (χ2v) is 6.97. The van der Waals surface area contributed by atoms with Gasteiger partial charge in [0.15, 0.2) is 0 Å².